The van der Waals surface area contributed by atoms with Crippen LogP contribution in [0.4, 0.5) is 20.2 Å². The molecule has 1 rings (SSSR count). The van der Waals surface area contributed by atoms with Crippen LogP contribution in [0.25, 0.3) is 0 Å². The lowest BCUT2D eigenvalue weighted by molar-refractivity contribution is -0.147. The number of halogens is 3. The van der Waals surface area contributed by atoms with Gasteiger partial charge in [-0.1, -0.05) is 0 Å². The third kappa shape index (κ3) is 4.41. The summed E-state index contributed by atoms with van der Waals surface area (Å²) >= 11 is 3.06. The molecule has 0 spiro atoms. The fourth-order valence-electron chi connectivity index (χ4n) is 1.18. The third-order valence-electron chi connectivity index (χ3n) is 2.45. The number of carbonyl (C=O) groups excluding carboxylic acids is 1. The second-order valence-corrected chi connectivity index (χ2v) is 4.95. The topological polar surface area (TPSA) is 91.3 Å². The van der Waals surface area contributed by atoms with Crippen LogP contribution in [0.3, 0.4) is 0 Å². The Bertz CT molecular complexity index is 534. The van der Waals surface area contributed by atoms with E-state index in [1.54, 1.807) is 0 Å². The van der Waals surface area contributed by atoms with E-state index < -0.39 is 23.8 Å². The number of aromatic nitrogens is 1. The Morgan fingerprint density at radius 1 is 1.45 bits per heavy atom. The number of carboxylic acids is 1. The first-order valence-corrected chi connectivity index (χ1v) is 6.24. The first-order valence-electron chi connectivity index (χ1n) is 5.45. The summed E-state index contributed by atoms with van der Waals surface area (Å²) in [5.74, 6) is -5.97. The van der Waals surface area contributed by atoms with Crippen LogP contribution in [-0.4, -0.2) is 33.9 Å². The maximum absolute atomic E-state index is 13.2. The number of hydrogen-bond acceptors (Lipinski definition) is 4. The highest BCUT2D eigenvalue weighted by Gasteiger charge is 2.30. The zero-order chi connectivity index (χ0) is 15.5. The zero-order valence-corrected chi connectivity index (χ0v) is 12.2. The standard InChI is InChI=1S/C11H12BrF2N3O3/c1-5(11(2,13)14)16-6-3-8(12)15-4-7(6)17-9(18)10(19)20/h3-5H,1-2H3,(H,15,16)(H,17,18)(H,19,20)/t5-/m0/s1. The zero-order valence-electron chi connectivity index (χ0n) is 10.6. The molecule has 0 radical (unpaired) electrons. The summed E-state index contributed by atoms with van der Waals surface area (Å²) < 4.78 is 26.7. The van der Waals surface area contributed by atoms with Gasteiger partial charge in [-0.05, 0) is 28.9 Å². The Balaban J connectivity index is 3.02. The molecule has 0 aliphatic heterocycles. The third-order valence-corrected chi connectivity index (χ3v) is 2.88. The fraction of sp³-hybridized carbons (Fsp3) is 0.364. The van der Waals surface area contributed by atoms with Gasteiger partial charge in [0.2, 0.25) is 0 Å². The van der Waals surface area contributed by atoms with E-state index in [4.69, 9.17) is 5.11 Å². The van der Waals surface area contributed by atoms with E-state index in [2.05, 4.69) is 31.5 Å². The molecule has 0 aliphatic carbocycles. The molecule has 9 heteroatoms. The molecule has 0 saturated carbocycles. The van der Waals surface area contributed by atoms with E-state index in [9.17, 15) is 18.4 Å². The van der Waals surface area contributed by atoms with Gasteiger partial charge in [-0.25, -0.2) is 18.6 Å². The molecule has 0 aliphatic rings. The summed E-state index contributed by atoms with van der Waals surface area (Å²) in [6.45, 7) is 2.01. The quantitative estimate of drug-likeness (QED) is 0.572. The molecule has 1 heterocycles. The highest BCUT2D eigenvalue weighted by atomic mass is 79.9. The average molecular weight is 352 g/mol. The minimum atomic E-state index is -3.00. The summed E-state index contributed by atoms with van der Waals surface area (Å²) in [5.41, 5.74) is 0.132. The van der Waals surface area contributed by atoms with Crippen LogP contribution in [0.1, 0.15) is 13.8 Å². The Morgan fingerprint density at radius 2 is 2.05 bits per heavy atom. The number of carboxylic acid groups (broad SMARTS) is 1. The monoisotopic (exact) mass is 351 g/mol. The summed E-state index contributed by atoms with van der Waals surface area (Å²) in [6.07, 6.45) is 1.16. The Hall–Kier alpha value is -1.77. The summed E-state index contributed by atoms with van der Waals surface area (Å²) in [5, 5.41) is 13.1. The summed E-state index contributed by atoms with van der Waals surface area (Å²) in [7, 11) is 0. The average Bonchev–Trinajstić information content (AvgIpc) is 2.31. The Kier molecular flexibility index (Phi) is 4.98. The van der Waals surface area contributed by atoms with E-state index in [0.717, 1.165) is 13.1 Å². The smallest absolute Gasteiger partial charge is 0.394 e. The molecule has 1 amide bonds. The number of aliphatic carboxylic acids is 1. The molecule has 0 aromatic carbocycles. The van der Waals surface area contributed by atoms with Crippen LogP contribution in [0.5, 0.6) is 0 Å². The minimum Gasteiger partial charge on any atom is -0.474 e. The predicted octanol–water partition coefficient (Wildman–Crippen LogP) is 2.32. The number of nitrogens with zero attached hydrogens (tertiary/aromatic N) is 1. The van der Waals surface area contributed by atoms with Gasteiger partial charge in [0.25, 0.3) is 5.92 Å². The van der Waals surface area contributed by atoms with E-state index in [1.807, 2.05) is 0 Å². The first-order chi connectivity index (χ1) is 9.11. The molecule has 1 atom stereocenters. The van der Waals surface area contributed by atoms with E-state index >= 15 is 0 Å². The number of amides is 1. The Labute approximate surface area is 121 Å². The molecule has 1 aromatic rings. The Morgan fingerprint density at radius 3 is 2.55 bits per heavy atom. The molecule has 0 unspecified atom stereocenters. The van der Waals surface area contributed by atoms with Gasteiger partial charge < -0.3 is 15.7 Å². The molecule has 0 saturated heterocycles. The number of carbonyl (C=O) groups is 2. The highest BCUT2D eigenvalue weighted by Crippen LogP contribution is 2.28. The van der Waals surface area contributed by atoms with Crippen molar-refractivity contribution in [3.05, 3.63) is 16.9 Å². The van der Waals surface area contributed by atoms with Crippen molar-refractivity contribution in [3.8, 4) is 0 Å². The van der Waals surface area contributed by atoms with E-state index in [-0.39, 0.29) is 11.4 Å². The van der Waals surface area contributed by atoms with Gasteiger partial charge in [-0.15, -0.1) is 0 Å². The SMILES string of the molecule is C[C@H](Nc1cc(Br)ncc1NC(=O)C(=O)O)C(C)(F)F. The van der Waals surface area contributed by atoms with Crippen LogP contribution in [0.2, 0.25) is 0 Å². The predicted molar refractivity (Wildman–Crippen MR) is 71.9 cm³/mol. The van der Waals surface area contributed by atoms with Crippen molar-refractivity contribution in [2.45, 2.75) is 25.8 Å². The summed E-state index contributed by atoms with van der Waals surface area (Å²) in [6, 6.07) is 0.136. The summed E-state index contributed by atoms with van der Waals surface area (Å²) in [4.78, 5) is 25.4. The van der Waals surface area contributed by atoms with Gasteiger partial charge in [0.1, 0.15) is 4.60 Å². The largest absolute Gasteiger partial charge is 0.474 e. The molecule has 0 fully saturated rings. The molecule has 6 nitrogen and oxygen atoms in total. The lowest BCUT2D eigenvalue weighted by Gasteiger charge is -2.23. The van der Waals surface area contributed by atoms with Crippen molar-refractivity contribution < 1.29 is 23.5 Å². The molecule has 3 N–H and O–H groups in total. The number of nitrogens with one attached hydrogen (secondary N) is 2. The molecular weight excluding hydrogens is 340 g/mol. The number of anilines is 2. The molecular formula is C11H12BrF2N3O3. The van der Waals surface area contributed by atoms with Gasteiger partial charge >= 0.3 is 11.9 Å². The highest BCUT2D eigenvalue weighted by molar-refractivity contribution is 9.10. The second-order valence-electron chi connectivity index (χ2n) is 4.13. The normalized spacial score (nSPS) is 12.7. The van der Waals surface area contributed by atoms with Crippen molar-refractivity contribution >= 4 is 39.2 Å². The van der Waals surface area contributed by atoms with Crippen LogP contribution in [0, 0.1) is 0 Å². The van der Waals surface area contributed by atoms with Crippen molar-refractivity contribution in [1.82, 2.24) is 4.98 Å². The van der Waals surface area contributed by atoms with Crippen LogP contribution in [-0.2, 0) is 9.59 Å². The number of alkyl halides is 2. The lowest BCUT2D eigenvalue weighted by Crippen LogP contribution is -2.34. The van der Waals surface area contributed by atoms with Crippen molar-refractivity contribution in [1.29, 1.82) is 0 Å². The van der Waals surface area contributed by atoms with Gasteiger partial charge in [0.05, 0.1) is 23.6 Å². The fourth-order valence-corrected chi connectivity index (χ4v) is 1.52. The first kappa shape index (κ1) is 16.3. The maximum atomic E-state index is 13.2. The van der Waals surface area contributed by atoms with E-state index in [1.165, 1.54) is 13.0 Å². The van der Waals surface area contributed by atoms with Gasteiger partial charge in [0.15, 0.2) is 0 Å². The molecule has 1 aromatic heterocycles. The molecule has 20 heavy (non-hydrogen) atoms. The van der Waals surface area contributed by atoms with Crippen LogP contribution >= 0.6 is 15.9 Å². The minimum absolute atomic E-state index is 0.00306. The van der Waals surface area contributed by atoms with Gasteiger partial charge in [-0.2, -0.15) is 0 Å². The van der Waals surface area contributed by atoms with E-state index in [0.29, 0.717) is 4.60 Å². The van der Waals surface area contributed by atoms with Crippen molar-refractivity contribution in [2.24, 2.45) is 0 Å². The van der Waals surface area contributed by atoms with Gasteiger partial charge in [0, 0.05) is 6.92 Å². The lowest BCUT2D eigenvalue weighted by atomic mass is 10.2. The van der Waals surface area contributed by atoms with Crippen LogP contribution in [0.15, 0.2) is 16.9 Å². The van der Waals surface area contributed by atoms with Crippen molar-refractivity contribution in [3.63, 3.8) is 0 Å². The number of pyridine rings is 1. The number of hydrogen-bond donors (Lipinski definition) is 3. The van der Waals surface area contributed by atoms with Gasteiger partial charge in [-0.3, -0.25) is 4.79 Å². The van der Waals surface area contributed by atoms with Crippen molar-refractivity contribution in [2.75, 3.05) is 10.6 Å². The molecule has 0 bridgehead atoms. The van der Waals surface area contributed by atoms with Crippen LogP contribution < -0.4 is 10.6 Å². The number of rotatable bonds is 4. The second kappa shape index (κ2) is 6.12. The molecule has 110 valence electrons. The maximum Gasteiger partial charge on any atom is 0.394 e.